The molecule has 1 aromatic carbocycles. The van der Waals surface area contributed by atoms with Crippen LogP contribution in [0.2, 0.25) is 0 Å². The number of nitrogens with zero attached hydrogens (tertiary/aromatic N) is 1. The lowest BCUT2D eigenvalue weighted by atomic mass is 10.1. The number of rotatable bonds is 5. The summed E-state index contributed by atoms with van der Waals surface area (Å²) in [6, 6.07) is 7.62. The summed E-state index contributed by atoms with van der Waals surface area (Å²) >= 11 is 0. The minimum atomic E-state index is -3.79. The van der Waals surface area contributed by atoms with Gasteiger partial charge in [-0.3, -0.25) is 4.98 Å². The highest BCUT2D eigenvalue weighted by Crippen LogP contribution is 2.19. The molecule has 7 heteroatoms. The van der Waals surface area contributed by atoms with Gasteiger partial charge in [-0.15, -0.1) is 0 Å². The number of benzene rings is 1. The van der Waals surface area contributed by atoms with Crippen LogP contribution in [-0.4, -0.2) is 24.5 Å². The number of aromatic nitrogens is 1. The van der Waals surface area contributed by atoms with Gasteiger partial charge in [0, 0.05) is 18.9 Å². The average Bonchev–Trinajstić information content (AvgIpc) is 2.46. The van der Waals surface area contributed by atoms with Crippen molar-refractivity contribution in [1.82, 2.24) is 9.71 Å². The molecule has 0 saturated heterocycles. The molecule has 0 bridgehead atoms. The average molecular weight is 306 g/mol. The van der Waals surface area contributed by atoms with E-state index < -0.39 is 16.0 Å². The maximum absolute atomic E-state index is 12.3. The van der Waals surface area contributed by atoms with Crippen molar-refractivity contribution in [2.45, 2.75) is 18.4 Å². The van der Waals surface area contributed by atoms with Crippen molar-refractivity contribution in [3.63, 3.8) is 0 Å². The predicted octanol–water partition coefficient (Wildman–Crippen LogP) is 1.57. The van der Waals surface area contributed by atoms with E-state index in [1.807, 2.05) is 0 Å². The number of carboxylic acid groups (broad SMARTS) is 1. The fourth-order valence-electron chi connectivity index (χ4n) is 1.90. The molecule has 21 heavy (non-hydrogen) atoms. The van der Waals surface area contributed by atoms with Crippen LogP contribution in [0.25, 0.3) is 0 Å². The first-order valence-corrected chi connectivity index (χ1v) is 7.61. The molecule has 110 valence electrons. The second-order valence-corrected chi connectivity index (χ2v) is 6.16. The van der Waals surface area contributed by atoms with Gasteiger partial charge in [-0.25, -0.2) is 17.9 Å². The van der Waals surface area contributed by atoms with E-state index >= 15 is 0 Å². The van der Waals surface area contributed by atoms with E-state index in [2.05, 4.69) is 9.71 Å². The first-order valence-electron chi connectivity index (χ1n) is 6.13. The summed E-state index contributed by atoms with van der Waals surface area (Å²) in [4.78, 5) is 14.9. The number of carboxylic acids is 1. The minimum absolute atomic E-state index is 0.0285. The van der Waals surface area contributed by atoms with E-state index in [-0.39, 0.29) is 22.6 Å². The van der Waals surface area contributed by atoms with Gasteiger partial charge in [0.1, 0.15) is 0 Å². The van der Waals surface area contributed by atoms with Crippen LogP contribution in [0.4, 0.5) is 0 Å². The van der Waals surface area contributed by atoms with E-state index in [4.69, 9.17) is 5.11 Å². The van der Waals surface area contributed by atoms with E-state index in [1.165, 1.54) is 25.1 Å². The maximum Gasteiger partial charge on any atom is 0.335 e. The fourth-order valence-corrected chi connectivity index (χ4v) is 3.18. The molecule has 0 aliphatic rings. The van der Waals surface area contributed by atoms with Crippen LogP contribution >= 0.6 is 0 Å². The highest BCUT2D eigenvalue weighted by Gasteiger charge is 2.20. The topological polar surface area (TPSA) is 96.4 Å². The Kier molecular flexibility index (Phi) is 4.35. The van der Waals surface area contributed by atoms with Gasteiger partial charge in [-0.1, -0.05) is 12.1 Å². The smallest absolute Gasteiger partial charge is 0.335 e. The first kappa shape index (κ1) is 15.1. The van der Waals surface area contributed by atoms with Crippen LogP contribution in [0.15, 0.2) is 47.6 Å². The summed E-state index contributed by atoms with van der Waals surface area (Å²) < 4.78 is 27.0. The number of pyridine rings is 1. The number of nitrogens with one attached hydrogen (secondary N) is 1. The molecule has 6 nitrogen and oxygen atoms in total. The van der Waals surface area contributed by atoms with Gasteiger partial charge in [-0.05, 0) is 36.2 Å². The quantitative estimate of drug-likeness (QED) is 0.874. The zero-order valence-corrected chi connectivity index (χ0v) is 12.1. The molecular weight excluding hydrogens is 292 g/mol. The molecule has 0 atom stereocenters. The Hall–Kier alpha value is -2.25. The largest absolute Gasteiger partial charge is 0.478 e. The Morgan fingerprint density at radius 3 is 2.67 bits per heavy atom. The van der Waals surface area contributed by atoms with Crippen molar-refractivity contribution in [1.29, 1.82) is 0 Å². The molecule has 1 heterocycles. The summed E-state index contributed by atoms with van der Waals surface area (Å²) in [7, 11) is -3.79. The lowest BCUT2D eigenvalue weighted by Crippen LogP contribution is -2.24. The minimum Gasteiger partial charge on any atom is -0.478 e. The van der Waals surface area contributed by atoms with Crippen LogP contribution in [0.3, 0.4) is 0 Å². The van der Waals surface area contributed by atoms with E-state index in [0.29, 0.717) is 5.56 Å². The van der Waals surface area contributed by atoms with Crippen molar-refractivity contribution < 1.29 is 18.3 Å². The molecule has 0 aliphatic heterocycles. The van der Waals surface area contributed by atoms with Crippen LogP contribution in [0.1, 0.15) is 21.5 Å². The Balaban J connectivity index is 2.28. The second-order valence-electron chi connectivity index (χ2n) is 4.42. The highest BCUT2D eigenvalue weighted by molar-refractivity contribution is 7.89. The van der Waals surface area contributed by atoms with Crippen molar-refractivity contribution >= 4 is 16.0 Å². The fraction of sp³-hybridized carbons (Fsp3) is 0.143. The molecule has 2 rings (SSSR count). The molecule has 0 fully saturated rings. The summed E-state index contributed by atoms with van der Waals surface area (Å²) in [6.45, 7) is 1.56. The molecule has 0 saturated carbocycles. The second kappa shape index (κ2) is 6.02. The molecule has 0 aliphatic carbocycles. The van der Waals surface area contributed by atoms with E-state index in [0.717, 1.165) is 0 Å². The van der Waals surface area contributed by atoms with Crippen LogP contribution in [0, 0.1) is 6.92 Å². The number of sulfonamides is 1. The molecule has 0 unspecified atom stereocenters. The Labute approximate surface area is 122 Å². The summed E-state index contributed by atoms with van der Waals surface area (Å²) in [6.07, 6.45) is 3.15. The highest BCUT2D eigenvalue weighted by atomic mass is 32.2. The van der Waals surface area contributed by atoms with Crippen LogP contribution < -0.4 is 4.72 Å². The van der Waals surface area contributed by atoms with Crippen molar-refractivity contribution in [2.24, 2.45) is 0 Å². The molecule has 2 N–H and O–H groups in total. The number of hydrogen-bond donors (Lipinski definition) is 2. The van der Waals surface area contributed by atoms with Gasteiger partial charge in [-0.2, -0.15) is 0 Å². The lowest BCUT2D eigenvalue weighted by Gasteiger charge is -2.11. The molecule has 1 aromatic heterocycles. The van der Waals surface area contributed by atoms with E-state index in [9.17, 15) is 13.2 Å². The zero-order chi connectivity index (χ0) is 15.5. The van der Waals surface area contributed by atoms with Gasteiger partial charge in [0.2, 0.25) is 10.0 Å². The number of hydrogen-bond acceptors (Lipinski definition) is 4. The number of carbonyl (C=O) groups is 1. The zero-order valence-electron chi connectivity index (χ0n) is 11.3. The van der Waals surface area contributed by atoms with Gasteiger partial charge in [0.25, 0.3) is 0 Å². The maximum atomic E-state index is 12.3. The van der Waals surface area contributed by atoms with Crippen LogP contribution in [-0.2, 0) is 16.6 Å². The normalized spacial score (nSPS) is 11.3. The van der Waals surface area contributed by atoms with Crippen molar-refractivity contribution in [3.8, 4) is 0 Å². The van der Waals surface area contributed by atoms with Crippen LogP contribution in [0.5, 0.6) is 0 Å². The van der Waals surface area contributed by atoms with Crippen molar-refractivity contribution in [3.05, 3.63) is 59.4 Å². The third kappa shape index (κ3) is 3.45. The summed E-state index contributed by atoms with van der Waals surface area (Å²) in [5.74, 6) is -1.16. The molecular formula is C14H14N2O4S. The third-order valence-electron chi connectivity index (χ3n) is 2.99. The van der Waals surface area contributed by atoms with E-state index in [1.54, 1.807) is 24.5 Å². The third-order valence-corrected chi connectivity index (χ3v) is 4.54. The summed E-state index contributed by atoms with van der Waals surface area (Å²) in [5, 5.41) is 9.04. The Morgan fingerprint density at radius 2 is 2.05 bits per heavy atom. The van der Waals surface area contributed by atoms with Gasteiger partial charge in [0.15, 0.2) is 0 Å². The molecule has 2 aromatic rings. The first-order chi connectivity index (χ1) is 9.92. The standard InChI is InChI=1S/C14H14N2O4S/c1-10-12(14(17)18)5-2-6-13(10)21(19,20)16-9-11-4-3-7-15-8-11/h2-8,16H,9H2,1H3,(H,17,18). The Bertz CT molecular complexity index is 758. The Morgan fingerprint density at radius 1 is 1.29 bits per heavy atom. The van der Waals surface area contributed by atoms with Gasteiger partial charge < -0.3 is 5.11 Å². The van der Waals surface area contributed by atoms with Crippen molar-refractivity contribution in [2.75, 3.05) is 0 Å². The summed E-state index contributed by atoms with van der Waals surface area (Å²) in [5.41, 5.74) is 0.899. The SMILES string of the molecule is Cc1c(C(=O)O)cccc1S(=O)(=O)NCc1cccnc1. The monoisotopic (exact) mass is 306 g/mol. The van der Waals surface area contributed by atoms with Gasteiger partial charge >= 0.3 is 5.97 Å². The van der Waals surface area contributed by atoms with Gasteiger partial charge in [0.05, 0.1) is 10.5 Å². The predicted molar refractivity (Wildman–Crippen MR) is 76.4 cm³/mol. The molecule has 0 radical (unpaired) electrons. The lowest BCUT2D eigenvalue weighted by molar-refractivity contribution is 0.0696. The molecule has 0 spiro atoms. The molecule has 0 amide bonds. The number of aromatic carboxylic acids is 1.